The Morgan fingerprint density at radius 3 is 2.81 bits per heavy atom. The van der Waals surface area contributed by atoms with Crippen LogP contribution in [-0.4, -0.2) is 75.0 Å². The summed E-state index contributed by atoms with van der Waals surface area (Å²) in [5.41, 5.74) is 0. The Balaban J connectivity index is 0.00000338. The number of nitrogens with zero attached hydrogens (tertiary/aromatic N) is 3. The molecule has 0 saturated carbocycles. The number of aliphatic imine (C=N–C) groups is 1. The normalized spacial score (nSPS) is 17.7. The minimum absolute atomic E-state index is 0. The van der Waals surface area contributed by atoms with Gasteiger partial charge in [0.15, 0.2) is 5.96 Å². The number of amides is 1. The lowest BCUT2D eigenvalue weighted by molar-refractivity contribution is -0.133. The fraction of sp³-hybridized carbons (Fsp3) is 0.667. The van der Waals surface area contributed by atoms with Gasteiger partial charge < -0.3 is 15.5 Å². The zero-order chi connectivity index (χ0) is 18.1. The average Bonchev–Trinajstić information content (AvgIpc) is 3.27. The highest BCUT2D eigenvalue weighted by Crippen LogP contribution is 2.18. The average molecular weight is 493 g/mol. The fourth-order valence-electron chi connectivity index (χ4n) is 3.14. The van der Waals surface area contributed by atoms with Gasteiger partial charge in [0.25, 0.3) is 0 Å². The molecule has 2 heterocycles. The van der Waals surface area contributed by atoms with Gasteiger partial charge in [0, 0.05) is 45.7 Å². The lowest BCUT2D eigenvalue weighted by Crippen LogP contribution is -2.44. The van der Waals surface area contributed by atoms with Crippen LogP contribution >= 0.6 is 35.3 Å². The minimum atomic E-state index is 0. The van der Waals surface area contributed by atoms with Gasteiger partial charge in [-0.15, -0.1) is 35.3 Å². The Labute approximate surface area is 178 Å². The largest absolute Gasteiger partial charge is 0.356 e. The molecule has 8 heteroatoms. The molecule has 1 aromatic rings. The maximum Gasteiger partial charge on any atom is 0.239 e. The summed E-state index contributed by atoms with van der Waals surface area (Å²) in [6.07, 6.45) is 4.11. The predicted molar refractivity (Wildman–Crippen MR) is 121 cm³/mol. The maximum absolute atomic E-state index is 12.2. The number of carbonyl (C=O) groups is 1. The second kappa shape index (κ2) is 12.5. The number of hydrogen-bond donors (Lipinski definition) is 2. The first kappa shape index (κ1) is 23.2. The van der Waals surface area contributed by atoms with Crippen LogP contribution in [0.25, 0.3) is 0 Å². The zero-order valence-corrected chi connectivity index (χ0v) is 19.2. The van der Waals surface area contributed by atoms with Gasteiger partial charge in [0.1, 0.15) is 0 Å². The molecule has 1 aliphatic heterocycles. The first-order valence-electron chi connectivity index (χ1n) is 9.04. The molecule has 1 aliphatic rings. The van der Waals surface area contributed by atoms with Crippen LogP contribution in [0.3, 0.4) is 0 Å². The molecule has 1 atom stereocenters. The van der Waals surface area contributed by atoms with E-state index in [-0.39, 0.29) is 35.9 Å². The van der Waals surface area contributed by atoms with Crippen molar-refractivity contribution in [1.29, 1.82) is 0 Å². The number of nitrogens with one attached hydrogen (secondary N) is 2. The summed E-state index contributed by atoms with van der Waals surface area (Å²) in [4.78, 5) is 21.9. The minimum Gasteiger partial charge on any atom is -0.356 e. The second-order valence-corrected chi connectivity index (χ2v) is 7.57. The lowest BCUT2D eigenvalue weighted by atomic mass is 10.2. The van der Waals surface area contributed by atoms with Gasteiger partial charge >= 0.3 is 0 Å². The van der Waals surface area contributed by atoms with E-state index in [9.17, 15) is 4.79 Å². The number of thiophene rings is 1. The molecule has 0 spiro atoms. The van der Waals surface area contributed by atoms with Crippen molar-refractivity contribution in [1.82, 2.24) is 20.4 Å². The molecule has 1 unspecified atom stereocenters. The highest BCUT2D eigenvalue weighted by Gasteiger charge is 2.30. The smallest absolute Gasteiger partial charge is 0.239 e. The van der Waals surface area contributed by atoms with E-state index >= 15 is 0 Å². The molecule has 0 aromatic carbocycles. The first-order valence-corrected chi connectivity index (χ1v) is 9.92. The molecule has 0 aliphatic carbocycles. The quantitative estimate of drug-likeness (QED) is 0.252. The van der Waals surface area contributed by atoms with E-state index in [1.807, 2.05) is 14.1 Å². The molecule has 26 heavy (non-hydrogen) atoms. The van der Waals surface area contributed by atoms with Crippen molar-refractivity contribution < 1.29 is 4.79 Å². The van der Waals surface area contributed by atoms with Gasteiger partial charge in [-0.05, 0) is 43.7 Å². The van der Waals surface area contributed by atoms with Gasteiger partial charge in [-0.1, -0.05) is 6.07 Å². The fourth-order valence-corrected chi connectivity index (χ4v) is 3.85. The molecule has 0 bridgehead atoms. The van der Waals surface area contributed by atoms with Gasteiger partial charge in [0.2, 0.25) is 5.91 Å². The van der Waals surface area contributed by atoms with Crippen molar-refractivity contribution in [3.63, 3.8) is 0 Å². The van der Waals surface area contributed by atoms with Crippen LogP contribution in [0.1, 0.15) is 24.1 Å². The number of carbonyl (C=O) groups excluding carboxylic acids is 1. The number of hydrogen-bond acceptors (Lipinski definition) is 4. The second-order valence-electron chi connectivity index (χ2n) is 6.54. The molecule has 1 fully saturated rings. The van der Waals surface area contributed by atoms with E-state index in [1.54, 1.807) is 23.3 Å². The Hall–Kier alpha value is -0.870. The predicted octanol–water partition coefficient (Wildman–Crippen LogP) is 2.02. The van der Waals surface area contributed by atoms with E-state index in [4.69, 9.17) is 0 Å². The number of halogens is 1. The Bertz CT molecular complexity index is 550. The monoisotopic (exact) mass is 493 g/mol. The van der Waals surface area contributed by atoms with Crippen molar-refractivity contribution in [2.45, 2.75) is 31.7 Å². The first-order chi connectivity index (χ1) is 12.1. The third kappa shape index (κ3) is 7.40. The van der Waals surface area contributed by atoms with Gasteiger partial charge in [-0.3, -0.25) is 14.7 Å². The Morgan fingerprint density at radius 2 is 2.15 bits per heavy atom. The Kier molecular flexibility index (Phi) is 11.1. The topological polar surface area (TPSA) is 60.0 Å². The summed E-state index contributed by atoms with van der Waals surface area (Å²) in [7, 11) is 5.48. The highest BCUT2D eigenvalue weighted by atomic mass is 127. The van der Waals surface area contributed by atoms with Gasteiger partial charge in [-0.2, -0.15) is 0 Å². The van der Waals surface area contributed by atoms with Crippen LogP contribution in [0.4, 0.5) is 0 Å². The van der Waals surface area contributed by atoms with Crippen molar-refractivity contribution in [2.24, 2.45) is 4.99 Å². The third-order valence-corrected chi connectivity index (χ3v) is 5.41. The number of likely N-dealkylation sites (N-methyl/N-ethyl adjacent to an activating group) is 1. The number of likely N-dealkylation sites (tertiary alicyclic amines) is 1. The molecule has 0 radical (unpaired) electrons. The highest BCUT2D eigenvalue weighted by molar-refractivity contribution is 14.0. The molecule has 1 saturated heterocycles. The summed E-state index contributed by atoms with van der Waals surface area (Å²) >= 11 is 1.79. The van der Waals surface area contributed by atoms with E-state index in [2.05, 4.69) is 38.0 Å². The van der Waals surface area contributed by atoms with E-state index in [0.29, 0.717) is 0 Å². The summed E-state index contributed by atoms with van der Waals surface area (Å²) in [6, 6.07) is 4.31. The maximum atomic E-state index is 12.2. The van der Waals surface area contributed by atoms with Crippen LogP contribution in [0.5, 0.6) is 0 Å². The molecule has 2 N–H and O–H groups in total. The van der Waals surface area contributed by atoms with Crippen molar-refractivity contribution in [3.05, 3.63) is 22.4 Å². The standard InChI is InChI=1S/C18H31N5OS.HI/c1-19-18(21-11-9-15-7-5-14-25-15)20-10-6-13-23-12-4-8-16(23)17(24)22(2)3;/h5,7,14,16H,4,6,8-13H2,1-3H3,(H2,19,20,21);1H. The van der Waals surface area contributed by atoms with E-state index in [1.165, 1.54) is 4.88 Å². The summed E-state index contributed by atoms with van der Waals surface area (Å²) in [6.45, 7) is 3.71. The van der Waals surface area contributed by atoms with E-state index < -0.39 is 0 Å². The molecule has 1 amide bonds. The molecular formula is C18H32IN5OS. The summed E-state index contributed by atoms with van der Waals surface area (Å²) < 4.78 is 0. The molecule has 1 aromatic heterocycles. The van der Waals surface area contributed by atoms with Crippen LogP contribution in [0.15, 0.2) is 22.5 Å². The van der Waals surface area contributed by atoms with Crippen molar-refractivity contribution in [3.8, 4) is 0 Å². The Morgan fingerprint density at radius 1 is 1.38 bits per heavy atom. The van der Waals surface area contributed by atoms with Crippen molar-refractivity contribution in [2.75, 3.05) is 47.3 Å². The molecular weight excluding hydrogens is 461 g/mol. The third-order valence-electron chi connectivity index (χ3n) is 4.47. The molecule has 148 valence electrons. The SMILES string of the molecule is CN=C(NCCCN1CCCC1C(=O)N(C)C)NCCc1cccs1.I. The summed E-state index contributed by atoms with van der Waals surface area (Å²) in [5, 5.41) is 8.82. The van der Waals surface area contributed by atoms with E-state index in [0.717, 1.165) is 57.8 Å². The van der Waals surface area contributed by atoms with Gasteiger partial charge in [0.05, 0.1) is 6.04 Å². The molecule has 2 rings (SSSR count). The van der Waals surface area contributed by atoms with Crippen LogP contribution in [0.2, 0.25) is 0 Å². The van der Waals surface area contributed by atoms with Gasteiger partial charge in [-0.25, -0.2) is 0 Å². The van der Waals surface area contributed by atoms with Crippen LogP contribution in [0, 0.1) is 0 Å². The zero-order valence-electron chi connectivity index (χ0n) is 16.0. The lowest BCUT2D eigenvalue weighted by Gasteiger charge is -2.26. The van der Waals surface area contributed by atoms with Crippen LogP contribution < -0.4 is 10.6 Å². The summed E-state index contributed by atoms with van der Waals surface area (Å²) in [5.74, 6) is 1.08. The van der Waals surface area contributed by atoms with Crippen molar-refractivity contribution >= 4 is 47.2 Å². The molecule has 6 nitrogen and oxygen atoms in total. The van der Waals surface area contributed by atoms with Crippen LogP contribution in [-0.2, 0) is 11.2 Å². The number of rotatable bonds is 8. The number of guanidine groups is 1.